The van der Waals surface area contributed by atoms with Crippen molar-refractivity contribution >= 4 is 23.0 Å². The summed E-state index contributed by atoms with van der Waals surface area (Å²) in [5.41, 5.74) is 2.62. The van der Waals surface area contributed by atoms with Crippen LogP contribution in [0.5, 0.6) is 0 Å². The highest BCUT2D eigenvalue weighted by Crippen LogP contribution is 2.29. The normalized spacial score (nSPS) is 10.9. The van der Waals surface area contributed by atoms with Gasteiger partial charge >= 0.3 is 5.91 Å². The molecule has 1 aromatic carbocycles. The Labute approximate surface area is 110 Å². The summed E-state index contributed by atoms with van der Waals surface area (Å²) in [6.07, 6.45) is 3.11. The number of nitrogens with one attached hydrogen (secondary N) is 1. The van der Waals surface area contributed by atoms with Crippen LogP contribution in [0.3, 0.4) is 0 Å². The van der Waals surface area contributed by atoms with Crippen LogP contribution in [0, 0.1) is 17.2 Å². The maximum atomic E-state index is 11.7. The number of carbonyl (C=O) groups is 1. The van der Waals surface area contributed by atoms with E-state index in [-0.39, 0.29) is 11.6 Å². The lowest BCUT2D eigenvalue weighted by molar-refractivity contribution is 0.100. The predicted octanol–water partition coefficient (Wildman–Crippen LogP) is 3.43. The fourth-order valence-corrected chi connectivity index (χ4v) is 2.34. The molecular formula is C14H15N3O2. The molecular weight excluding hydrogens is 242 g/mol. The number of fused-ring (bicyclic) bond motifs is 1. The van der Waals surface area contributed by atoms with Crippen molar-refractivity contribution in [3.63, 3.8) is 0 Å². The molecule has 1 N–H and O–H groups in total. The fourth-order valence-electron chi connectivity index (χ4n) is 2.34. The van der Waals surface area contributed by atoms with Crippen LogP contribution in [0.4, 0.5) is 0 Å². The highest BCUT2D eigenvalue weighted by atomic mass is 16.3. The monoisotopic (exact) mass is 257 g/mol. The van der Waals surface area contributed by atoms with Crippen molar-refractivity contribution in [1.82, 2.24) is 4.57 Å². The highest BCUT2D eigenvalue weighted by molar-refractivity contribution is 6.09. The molecule has 1 aromatic heterocycles. The fraction of sp³-hybridized carbons (Fsp3) is 0.286. The number of benzene rings is 1. The number of aryl methyl sites for hydroxylation is 1. The van der Waals surface area contributed by atoms with E-state index in [1.165, 1.54) is 6.07 Å². The molecule has 0 saturated carbocycles. The van der Waals surface area contributed by atoms with E-state index in [0.29, 0.717) is 5.56 Å². The van der Waals surface area contributed by atoms with Gasteiger partial charge < -0.3 is 9.98 Å². The Bertz CT molecular complexity index is 684. The third-order valence-electron chi connectivity index (χ3n) is 3.18. The first-order chi connectivity index (χ1) is 8.99. The lowest BCUT2D eigenvalue weighted by Gasteiger charge is -2.10. The van der Waals surface area contributed by atoms with E-state index in [1.807, 2.05) is 37.6 Å². The van der Waals surface area contributed by atoms with Gasteiger partial charge in [-0.05, 0) is 44.0 Å². The molecule has 1 amide bonds. The Morgan fingerprint density at radius 3 is 2.63 bits per heavy atom. The molecule has 0 atom stereocenters. The van der Waals surface area contributed by atoms with Crippen LogP contribution in [0.2, 0.25) is 0 Å². The molecule has 0 fully saturated rings. The predicted molar refractivity (Wildman–Crippen MR) is 75.1 cm³/mol. The third kappa shape index (κ3) is 2.07. The van der Waals surface area contributed by atoms with Crippen molar-refractivity contribution in [2.24, 2.45) is 5.18 Å². The van der Waals surface area contributed by atoms with E-state index in [9.17, 15) is 9.70 Å². The molecule has 0 radical (unpaired) electrons. The molecule has 2 aromatic rings. The van der Waals surface area contributed by atoms with E-state index in [2.05, 4.69) is 5.18 Å². The van der Waals surface area contributed by atoms with Crippen LogP contribution < -0.4 is 0 Å². The Kier molecular flexibility index (Phi) is 3.29. The molecule has 0 saturated heterocycles. The van der Waals surface area contributed by atoms with Crippen LogP contribution in [-0.4, -0.2) is 16.7 Å². The number of hydrogen-bond donors (Lipinski definition) is 1. The zero-order valence-corrected chi connectivity index (χ0v) is 11.1. The summed E-state index contributed by atoms with van der Waals surface area (Å²) in [7, 11) is 0. The third-order valence-corrected chi connectivity index (χ3v) is 3.18. The second-order valence-electron chi connectivity index (χ2n) is 4.82. The number of carbonyl (C=O) groups excluding carboxylic acids is 1. The number of rotatable bonds is 3. The van der Waals surface area contributed by atoms with Crippen molar-refractivity contribution in [2.75, 3.05) is 0 Å². The van der Waals surface area contributed by atoms with Crippen molar-refractivity contribution in [2.45, 2.75) is 26.8 Å². The van der Waals surface area contributed by atoms with E-state index in [0.717, 1.165) is 22.7 Å². The van der Waals surface area contributed by atoms with Gasteiger partial charge in [-0.2, -0.15) is 0 Å². The largest absolute Gasteiger partial charge is 0.345 e. The first-order valence-corrected chi connectivity index (χ1v) is 6.03. The molecule has 0 bridgehead atoms. The molecule has 19 heavy (non-hydrogen) atoms. The summed E-state index contributed by atoms with van der Waals surface area (Å²) < 4.78 is 2.03. The van der Waals surface area contributed by atoms with Gasteiger partial charge in [0.15, 0.2) is 0 Å². The summed E-state index contributed by atoms with van der Waals surface area (Å²) in [5, 5.41) is 10.6. The molecule has 5 heteroatoms. The Hall–Kier alpha value is -2.30. The molecule has 1 heterocycles. The topological polar surface area (TPSA) is 75.3 Å². The summed E-state index contributed by atoms with van der Waals surface area (Å²) in [6.45, 7) is 5.97. The van der Waals surface area contributed by atoms with Crippen LogP contribution in [-0.2, 0) is 0 Å². The van der Waals surface area contributed by atoms with Gasteiger partial charge in [-0.1, -0.05) is 0 Å². The quantitative estimate of drug-likeness (QED) is 0.675. The maximum absolute atomic E-state index is 11.7. The summed E-state index contributed by atoms with van der Waals surface area (Å²) >= 11 is 0. The molecule has 0 aliphatic heterocycles. The van der Waals surface area contributed by atoms with Gasteiger partial charge in [0.05, 0.1) is 5.56 Å². The average Bonchev–Trinajstić information content (AvgIpc) is 2.74. The summed E-state index contributed by atoms with van der Waals surface area (Å²) in [4.78, 5) is 22.2. The average molecular weight is 257 g/mol. The smallest absolute Gasteiger partial charge is 0.317 e. The van der Waals surface area contributed by atoms with Crippen molar-refractivity contribution in [1.29, 1.82) is 5.41 Å². The zero-order valence-electron chi connectivity index (χ0n) is 11.1. The Balaban J connectivity index is 2.91. The van der Waals surface area contributed by atoms with Gasteiger partial charge in [0.25, 0.3) is 0 Å². The summed E-state index contributed by atoms with van der Waals surface area (Å²) in [6, 6.07) is 3.61. The summed E-state index contributed by atoms with van der Waals surface area (Å²) in [5.74, 6) is -0.793. The lowest BCUT2D eigenvalue weighted by Crippen LogP contribution is -2.01. The van der Waals surface area contributed by atoms with E-state index in [4.69, 9.17) is 5.41 Å². The van der Waals surface area contributed by atoms with E-state index >= 15 is 0 Å². The number of nitroso groups, excluding NO2 is 1. The second kappa shape index (κ2) is 4.76. The number of nitrogens with zero attached hydrogens (tertiary/aromatic N) is 2. The van der Waals surface area contributed by atoms with E-state index in [1.54, 1.807) is 0 Å². The molecule has 0 aliphatic carbocycles. The van der Waals surface area contributed by atoms with Crippen LogP contribution >= 0.6 is 0 Å². The molecule has 0 unspecified atom stereocenters. The zero-order chi connectivity index (χ0) is 14.2. The minimum absolute atomic E-state index is 0.226. The Morgan fingerprint density at radius 1 is 1.42 bits per heavy atom. The highest BCUT2D eigenvalue weighted by Gasteiger charge is 2.17. The van der Waals surface area contributed by atoms with Gasteiger partial charge in [-0.25, -0.2) is 0 Å². The van der Waals surface area contributed by atoms with Crippen LogP contribution in [0.15, 0.2) is 23.5 Å². The first-order valence-electron chi connectivity index (χ1n) is 6.03. The molecule has 0 spiro atoms. The van der Waals surface area contributed by atoms with Gasteiger partial charge in [-0.15, -0.1) is 4.91 Å². The van der Waals surface area contributed by atoms with Gasteiger partial charge in [-0.3, -0.25) is 4.79 Å². The molecule has 0 aliphatic rings. The second-order valence-corrected chi connectivity index (χ2v) is 4.82. The Morgan fingerprint density at radius 2 is 2.11 bits per heavy atom. The van der Waals surface area contributed by atoms with Crippen molar-refractivity contribution < 1.29 is 4.79 Å². The number of amides is 1. The van der Waals surface area contributed by atoms with Crippen molar-refractivity contribution in [3.05, 3.63) is 39.9 Å². The minimum atomic E-state index is -0.793. The number of hydrogen-bond acceptors (Lipinski definition) is 3. The van der Waals surface area contributed by atoms with Gasteiger partial charge in [0.1, 0.15) is 0 Å². The SMILES string of the molecule is Cc1cn(C(C)C)c2cc(C=N)cc(C(=O)N=O)c12. The van der Waals surface area contributed by atoms with Crippen molar-refractivity contribution in [3.8, 4) is 0 Å². The van der Waals surface area contributed by atoms with Crippen LogP contribution in [0.25, 0.3) is 10.9 Å². The molecule has 98 valence electrons. The standard InChI is InChI=1S/C14H15N3O2/c1-8(2)17-7-9(3)13-11(14(18)16-19)4-10(6-15)5-12(13)17/h4-8,15H,1-3H3. The molecule has 5 nitrogen and oxygen atoms in total. The van der Waals surface area contributed by atoms with Gasteiger partial charge in [0.2, 0.25) is 0 Å². The van der Waals surface area contributed by atoms with Crippen LogP contribution in [0.1, 0.15) is 41.4 Å². The number of aromatic nitrogens is 1. The van der Waals surface area contributed by atoms with E-state index < -0.39 is 5.91 Å². The minimum Gasteiger partial charge on any atom is -0.345 e. The maximum Gasteiger partial charge on any atom is 0.317 e. The molecule has 2 rings (SSSR count). The van der Waals surface area contributed by atoms with Gasteiger partial charge in [0, 0.05) is 34.5 Å². The lowest BCUT2D eigenvalue weighted by atomic mass is 10.0. The first kappa shape index (κ1) is 13.1.